The van der Waals surface area contributed by atoms with Crippen molar-refractivity contribution in [3.63, 3.8) is 0 Å². The van der Waals surface area contributed by atoms with Crippen molar-refractivity contribution in [1.82, 2.24) is 24.5 Å². The Morgan fingerprint density at radius 2 is 1.86 bits per heavy atom. The number of amides is 2. The molecule has 2 aliphatic heterocycles. The number of hydrogen-bond acceptors (Lipinski definition) is 7. The minimum absolute atomic E-state index is 0.0987. The standard InChI is InChI=1S/C25H27ClN6O4S/c26-20-4-6-21(7-5-20)32-23(19-2-1-3-22(16-19)36-24-17-28-8-9-29-24)18-30(25(32)33)14-15-37(34,35)31-12-10-27-11-13-31/h1-9,16-17,23,27H,10-15,18H2. The Balaban J connectivity index is 1.39. The number of hydrogen-bond donors (Lipinski definition) is 1. The molecule has 2 fully saturated rings. The van der Waals surface area contributed by atoms with Crippen LogP contribution >= 0.6 is 11.6 Å². The Morgan fingerprint density at radius 3 is 2.59 bits per heavy atom. The molecule has 1 N–H and O–H groups in total. The number of rotatable bonds is 8. The van der Waals surface area contributed by atoms with Gasteiger partial charge in [-0.3, -0.25) is 9.88 Å². The number of sulfonamides is 1. The predicted molar refractivity (Wildman–Crippen MR) is 140 cm³/mol. The number of halogens is 1. The van der Waals surface area contributed by atoms with Gasteiger partial charge in [0.1, 0.15) is 5.75 Å². The topological polar surface area (TPSA) is 108 Å². The molecule has 2 aromatic carbocycles. The maximum Gasteiger partial charge on any atom is 0.325 e. The number of nitrogens with one attached hydrogen (secondary N) is 1. The van der Waals surface area contributed by atoms with Gasteiger partial charge in [-0.05, 0) is 42.0 Å². The number of benzene rings is 2. The first-order chi connectivity index (χ1) is 17.9. The second kappa shape index (κ2) is 11.0. The van der Waals surface area contributed by atoms with Gasteiger partial charge in [-0.1, -0.05) is 23.7 Å². The molecule has 0 saturated carbocycles. The molecule has 1 aromatic heterocycles. The molecule has 0 spiro atoms. The monoisotopic (exact) mass is 542 g/mol. The molecule has 0 aliphatic carbocycles. The van der Waals surface area contributed by atoms with E-state index >= 15 is 0 Å². The number of ether oxygens (including phenoxy) is 1. The van der Waals surface area contributed by atoms with Gasteiger partial charge in [0.15, 0.2) is 0 Å². The Morgan fingerprint density at radius 1 is 1.08 bits per heavy atom. The Bertz CT molecular complexity index is 1340. The first-order valence-electron chi connectivity index (χ1n) is 12.0. The first-order valence-corrected chi connectivity index (χ1v) is 14.0. The Labute approximate surface area is 220 Å². The van der Waals surface area contributed by atoms with E-state index in [-0.39, 0.29) is 24.4 Å². The molecule has 3 heterocycles. The molecule has 2 aliphatic rings. The van der Waals surface area contributed by atoms with E-state index in [9.17, 15) is 13.2 Å². The number of anilines is 1. The third kappa shape index (κ3) is 5.85. The van der Waals surface area contributed by atoms with Crippen molar-refractivity contribution in [3.8, 4) is 11.6 Å². The van der Waals surface area contributed by atoms with Gasteiger partial charge in [0, 0.05) is 62.4 Å². The molecule has 37 heavy (non-hydrogen) atoms. The van der Waals surface area contributed by atoms with E-state index in [0.717, 1.165) is 5.56 Å². The number of nitrogens with zero attached hydrogens (tertiary/aromatic N) is 5. The molecule has 194 valence electrons. The van der Waals surface area contributed by atoms with Crippen molar-refractivity contribution >= 4 is 33.3 Å². The molecule has 12 heteroatoms. The normalized spacial score (nSPS) is 18.8. The number of piperazine rings is 1. The highest BCUT2D eigenvalue weighted by molar-refractivity contribution is 7.89. The summed E-state index contributed by atoms with van der Waals surface area (Å²) in [7, 11) is -3.47. The molecule has 3 aromatic rings. The lowest BCUT2D eigenvalue weighted by Crippen LogP contribution is -2.48. The second-order valence-electron chi connectivity index (χ2n) is 8.77. The highest BCUT2D eigenvalue weighted by Gasteiger charge is 2.40. The Hall–Kier alpha value is -3.25. The zero-order chi connectivity index (χ0) is 25.8. The summed E-state index contributed by atoms with van der Waals surface area (Å²) < 4.78 is 33.2. The van der Waals surface area contributed by atoms with Gasteiger partial charge in [0.05, 0.1) is 18.0 Å². The predicted octanol–water partition coefficient (Wildman–Crippen LogP) is 3.14. The number of carbonyl (C=O) groups excluding carboxylic acids is 1. The maximum atomic E-state index is 13.6. The second-order valence-corrected chi connectivity index (χ2v) is 11.3. The molecule has 0 radical (unpaired) electrons. The lowest BCUT2D eigenvalue weighted by atomic mass is 10.1. The van der Waals surface area contributed by atoms with Crippen LogP contribution in [0.2, 0.25) is 5.02 Å². The lowest BCUT2D eigenvalue weighted by molar-refractivity contribution is 0.223. The third-order valence-corrected chi connectivity index (χ3v) is 8.48. The van der Waals surface area contributed by atoms with Crippen LogP contribution in [0.25, 0.3) is 0 Å². The molecule has 1 unspecified atom stereocenters. The van der Waals surface area contributed by atoms with Crippen LogP contribution in [0.5, 0.6) is 11.6 Å². The molecule has 10 nitrogen and oxygen atoms in total. The molecule has 2 amide bonds. The van der Waals surface area contributed by atoms with Crippen LogP contribution in [0.3, 0.4) is 0 Å². The summed E-state index contributed by atoms with van der Waals surface area (Å²) in [6, 6.07) is 13.8. The Kier molecular flexibility index (Phi) is 7.56. The summed E-state index contributed by atoms with van der Waals surface area (Å²) in [5.41, 5.74) is 1.52. The smallest absolute Gasteiger partial charge is 0.325 e. The molecule has 1 atom stereocenters. The summed E-state index contributed by atoms with van der Waals surface area (Å²) in [6.07, 6.45) is 4.63. The van der Waals surface area contributed by atoms with Crippen molar-refractivity contribution < 1.29 is 17.9 Å². The zero-order valence-electron chi connectivity index (χ0n) is 20.0. The summed E-state index contributed by atoms with van der Waals surface area (Å²) in [6.45, 7) is 2.56. The van der Waals surface area contributed by atoms with Gasteiger partial charge in [-0.15, -0.1) is 0 Å². The fourth-order valence-electron chi connectivity index (χ4n) is 4.51. The SMILES string of the molecule is O=C1N(CCS(=O)(=O)N2CCNCC2)CC(c2cccc(Oc3cnccn3)c2)N1c1ccc(Cl)cc1. The summed E-state index contributed by atoms with van der Waals surface area (Å²) in [4.78, 5) is 25.0. The maximum absolute atomic E-state index is 13.6. The van der Waals surface area contributed by atoms with E-state index in [1.165, 1.54) is 10.5 Å². The minimum Gasteiger partial charge on any atom is -0.437 e. The van der Waals surface area contributed by atoms with Crippen LogP contribution < -0.4 is 15.0 Å². The molecule has 2 saturated heterocycles. The van der Waals surface area contributed by atoms with Crippen molar-refractivity contribution in [2.45, 2.75) is 6.04 Å². The van der Waals surface area contributed by atoms with Crippen LogP contribution in [-0.2, 0) is 10.0 Å². The summed E-state index contributed by atoms with van der Waals surface area (Å²) >= 11 is 6.09. The fraction of sp³-hybridized carbons (Fsp3) is 0.320. The zero-order valence-corrected chi connectivity index (χ0v) is 21.6. The average molecular weight is 543 g/mol. The van der Waals surface area contributed by atoms with E-state index in [1.54, 1.807) is 52.5 Å². The van der Waals surface area contributed by atoms with Crippen molar-refractivity contribution in [3.05, 3.63) is 77.7 Å². The third-order valence-electron chi connectivity index (χ3n) is 6.38. The van der Waals surface area contributed by atoms with Crippen LogP contribution in [0.4, 0.5) is 10.5 Å². The van der Waals surface area contributed by atoms with Crippen molar-refractivity contribution in [2.24, 2.45) is 0 Å². The number of urea groups is 1. The van der Waals surface area contributed by atoms with Crippen LogP contribution in [-0.4, -0.2) is 78.6 Å². The molecule has 5 rings (SSSR count). The molecular weight excluding hydrogens is 516 g/mol. The highest BCUT2D eigenvalue weighted by atomic mass is 35.5. The summed E-state index contributed by atoms with van der Waals surface area (Å²) in [5, 5.41) is 3.72. The van der Waals surface area contributed by atoms with Gasteiger partial charge in [-0.2, -0.15) is 4.31 Å². The minimum atomic E-state index is -3.47. The molecular formula is C25H27ClN6O4S. The van der Waals surface area contributed by atoms with Gasteiger partial charge >= 0.3 is 6.03 Å². The van der Waals surface area contributed by atoms with Gasteiger partial charge in [0.2, 0.25) is 15.9 Å². The van der Waals surface area contributed by atoms with Crippen LogP contribution in [0, 0.1) is 0 Å². The van der Waals surface area contributed by atoms with E-state index < -0.39 is 10.0 Å². The van der Waals surface area contributed by atoms with Crippen molar-refractivity contribution in [1.29, 1.82) is 0 Å². The lowest BCUT2D eigenvalue weighted by Gasteiger charge is -2.27. The number of aromatic nitrogens is 2. The van der Waals surface area contributed by atoms with Crippen molar-refractivity contribution in [2.75, 3.05) is 49.9 Å². The van der Waals surface area contributed by atoms with E-state index in [2.05, 4.69) is 15.3 Å². The van der Waals surface area contributed by atoms with Crippen LogP contribution in [0.1, 0.15) is 11.6 Å². The van der Waals surface area contributed by atoms with E-state index in [4.69, 9.17) is 16.3 Å². The van der Waals surface area contributed by atoms with E-state index in [0.29, 0.717) is 55.1 Å². The molecule has 0 bridgehead atoms. The quantitative estimate of drug-likeness (QED) is 0.466. The number of carbonyl (C=O) groups is 1. The largest absolute Gasteiger partial charge is 0.437 e. The summed E-state index contributed by atoms with van der Waals surface area (Å²) in [5.74, 6) is 0.785. The van der Waals surface area contributed by atoms with Gasteiger partial charge in [0.25, 0.3) is 0 Å². The average Bonchev–Trinajstić information content (AvgIpc) is 3.25. The fourth-order valence-corrected chi connectivity index (χ4v) is 6.08. The highest BCUT2D eigenvalue weighted by Crippen LogP contribution is 2.36. The van der Waals surface area contributed by atoms with E-state index in [1.807, 2.05) is 18.2 Å². The van der Waals surface area contributed by atoms with Gasteiger partial charge < -0.3 is 15.0 Å². The van der Waals surface area contributed by atoms with Crippen LogP contribution in [0.15, 0.2) is 67.1 Å². The first kappa shape index (κ1) is 25.4. The van der Waals surface area contributed by atoms with Gasteiger partial charge in [-0.25, -0.2) is 18.2 Å².